The monoisotopic (exact) mass is 338 g/mol. The first kappa shape index (κ1) is 15.9. The van der Waals surface area contributed by atoms with Crippen LogP contribution in [-0.4, -0.2) is 52.3 Å². The van der Waals surface area contributed by atoms with Crippen LogP contribution in [0.25, 0.3) is 0 Å². The second kappa shape index (κ2) is 6.10. The molecule has 1 saturated heterocycles. The predicted octanol–water partition coefficient (Wildman–Crippen LogP) is 0.277. The summed E-state index contributed by atoms with van der Waals surface area (Å²) < 4.78 is 49.1. The van der Waals surface area contributed by atoms with E-state index in [0.717, 1.165) is 11.4 Å². The summed E-state index contributed by atoms with van der Waals surface area (Å²) in [5.41, 5.74) is 0. The van der Waals surface area contributed by atoms with Crippen molar-refractivity contribution < 1.29 is 16.8 Å². The van der Waals surface area contributed by atoms with Gasteiger partial charge < -0.3 is 5.32 Å². The van der Waals surface area contributed by atoms with Crippen molar-refractivity contribution in [2.24, 2.45) is 0 Å². The molecular formula is C11H18N2O4S3. The van der Waals surface area contributed by atoms with Gasteiger partial charge in [0.1, 0.15) is 4.21 Å². The number of nitrogens with one attached hydrogen (secondary N) is 1. The molecule has 0 amide bonds. The van der Waals surface area contributed by atoms with Crippen molar-refractivity contribution in [3.05, 3.63) is 17.0 Å². The molecule has 2 heterocycles. The predicted molar refractivity (Wildman–Crippen MR) is 79.1 cm³/mol. The molecule has 6 nitrogen and oxygen atoms in total. The summed E-state index contributed by atoms with van der Waals surface area (Å²) in [5.74, 6) is -0.191. The molecule has 2 rings (SSSR count). The highest BCUT2D eigenvalue weighted by Gasteiger charge is 2.32. The Morgan fingerprint density at radius 2 is 1.95 bits per heavy atom. The molecule has 1 aliphatic rings. The van der Waals surface area contributed by atoms with Crippen molar-refractivity contribution in [3.8, 4) is 0 Å². The summed E-state index contributed by atoms with van der Waals surface area (Å²) in [6, 6.07) is 3.39. The molecule has 0 unspecified atom stereocenters. The standard InChI is InChI=1S/C11H18N2O4S3/c1-2-12-9-10-3-4-11(18-10)20(16,17)13-5-7-19(14,15)8-6-13/h3-4,12H,2,5-9H2,1H3. The van der Waals surface area contributed by atoms with Crippen LogP contribution in [-0.2, 0) is 26.4 Å². The minimum absolute atomic E-state index is 0.0467. The SMILES string of the molecule is CCNCc1ccc(S(=O)(=O)N2CCS(=O)(=O)CC2)s1. The molecule has 0 aliphatic carbocycles. The number of sulfonamides is 1. The highest BCUT2D eigenvalue weighted by Crippen LogP contribution is 2.26. The van der Waals surface area contributed by atoms with Crippen molar-refractivity contribution in [1.29, 1.82) is 0 Å². The summed E-state index contributed by atoms with van der Waals surface area (Å²) in [6.45, 7) is 3.55. The summed E-state index contributed by atoms with van der Waals surface area (Å²) >= 11 is 1.23. The van der Waals surface area contributed by atoms with E-state index >= 15 is 0 Å². The van der Waals surface area contributed by atoms with Gasteiger partial charge in [0.2, 0.25) is 0 Å². The highest BCUT2D eigenvalue weighted by atomic mass is 32.2. The molecule has 9 heteroatoms. The van der Waals surface area contributed by atoms with E-state index in [2.05, 4.69) is 5.32 Å². The van der Waals surface area contributed by atoms with Gasteiger partial charge in [-0.05, 0) is 18.7 Å². The maximum Gasteiger partial charge on any atom is 0.252 e. The number of thiophene rings is 1. The lowest BCUT2D eigenvalue weighted by Gasteiger charge is -2.25. The number of nitrogens with zero attached hydrogens (tertiary/aromatic N) is 1. The van der Waals surface area contributed by atoms with E-state index in [0.29, 0.717) is 6.54 Å². The fourth-order valence-corrected chi connectivity index (χ4v) is 6.26. The minimum Gasteiger partial charge on any atom is -0.312 e. The van der Waals surface area contributed by atoms with Crippen molar-refractivity contribution >= 4 is 31.2 Å². The Hall–Kier alpha value is -0.480. The first-order valence-corrected chi connectivity index (χ1v) is 10.4. The van der Waals surface area contributed by atoms with Gasteiger partial charge in [0.25, 0.3) is 10.0 Å². The molecule has 0 saturated carbocycles. The van der Waals surface area contributed by atoms with Crippen LogP contribution >= 0.6 is 11.3 Å². The molecule has 1 aromatic rings. The molecule has 1 N–H and O–H groups in total. The molecule has 0 bridgehead atoms. The van der Waals surface area contributed by atoms with Crippen molar-refractivity contribution in [3.63, 3.8) is 0 Å². The van der Waals surface area contributed by atoms with E-state index in [-0.39, 0.29) is 28.8 Å². The van der Waals surface area contributed by atoms with E-state index in [1.165, 1.54) is 15.6 Å². The zero-order valence-electron chi connectivity index (χ0n) is 11.2. The molecule has 1 aromatic heterocycles. The molecule has 0 aromatic carbocycles. The summed E-state index contributed by atoms with van der Waals surface area (Å²) in [5, 5.41) is 3.14. The fourth-order valence-electron chi connectivity index (χ4n) is 1.90. The number of sulfone groups is 1. The van der Waals surface area contributed by atoms with Gasteiger partial charge in [-0.3, -0.25) is 0 Å². The maximum absolute atomic E-state index is 12.4. The molecule has 0 radical (unpaired) electrons. The Morgan fingerprint density at radius 3 is 2.55 bits per heavy atom. The topological polar surface area (TPSA) is 83.6 Å². The normalized spacial score (nSPS) is 20.1. The largest absolute Gasteiger partial charge is 0.312 e. The Bertz CT molecular complexity index is 650. The van der Waals surface area contributed by atoms with Crippen molar-refractivity contribution in [2.75, 3.05) is 31.1 Å². The number of hydrogen-bond donors (Lipinski definition) is 1. The van der Waals surface area contributed by atoms with Gasteiger partial charge in [-0.1, -0.05) is 6.92 Å². The molecule has 0 atom stereocenters. The average molecular weight is 338 g/mol. The van der Waals surface area contributed by atoms with E-state index in [4.69, 9.17) is 0 Å². The lowest BCUT2D eigenvalue weighted by Crippen LogP contribution is -2.43. The van der Waals surface area contributed by atoms with Gasteiger partial charge >= 0.3 is 0 Å². The van der Waals surface area contributed by atoms with Crippen LogP contribution in [0.1, 0.15) is 11.8 Å². The first-order chi connectivity index (χ1) is 9.35. The van der Waals surface area contributed by atoms with Gasteiger partial charge in [0.15, 0.2) is 9.84 Å². The number of hydrogen-bond acceptors (Lipinski definition) is 6. The fraction of sp³-hybridized carbons (Fsp3) is 0.636. The van der Waals surface area contributed by atoms with Gasteiger partial charge in [-0.25, -0.2) is 16.8 Å². The molecule has 20 heavy (non-hydrogen) atoms. The minimum atomic E-state index is -3.56. The van der Waals surface area contributed by atoms with E-state index in [1.54, 1.807) is 12.1 Å². The van der Waals surface area contributed by atoms with Crippen LogP contribution in [0.3, 0.4) is 0 Å². The third kappa shape index (κ3) is 3.59. The first-order valence-electron chi connectivity index (χ1n) is 6.35. The Morgan fingerprint density at radius 1 is 1.30 bits per heavy atom. The zero-order chi connectivity index (χ0) is 14.8. The lowest BCUT2D eigenvalue weighted by molar-refractivity contribution is 0.432. The van der Waals surface area contributed by atoms with E-state index < -0.39 is 19.9 Å². The Kier molecular flexibility index (Phi) is 4.85. The van der Waals surface area contributed by atoms with Gasteiger partial charge in [-0.15, -0.1) is 11.3 Å². The lowest BCUT2D eigenvalue weighted by atomic mass is 10.4. The van der Waals surface area contributed by atoms with Crippen LogP contribution in [0.4, 0.5) is 0 Å². The van der Waals surface area contributed by atoms with Crippen LogP contribution in [0.15, 0.2) is 16.3 Å². The molecule has 1 aliphatic heterocycles. The summed E-state index contributed by atoms with van der Waals surface area (Å²) in [6.07, 6.45) is 0. The van der Waals surface area contributed by atoms with Crippen LogP contribution in [0.5, 0.6) is 0 Å². The summed E-state index contributed by atoms with van der Waals surface area (Å²) in [7, 11) is -6.63. The molecular weight excluding hydrogens is 320 g/mol. The molecule has 1 fully saturated rings. The second-order valence-corrected chi connectivity index (χ2v) is 10.2. The van der Waals surface area contributed by atoms with E-state index in [1.807, 2.05) is 6.92 Å². The van der Waals surface area contributed by atoms with Gasteiger partial charge in [0.05, 0.1) is 11.5 Å². The zero-order valence-corrected chi connectivity index (χ0v) is 13.7. The quantitative estimate of drug-likeness (QED) is 0.833. The Balaban J connectivity index is 2.12. The molecule has 0 spiro atoms. The third-order valence-corrected chi connectivity index (χ3v) is 8.14. The Labute approximate surface area is 123 Å². The average Bonchev–Trinajstić information content (AvgIpc) is 2.85. The summed E-state index contributed by atoms with van der Waals surface area (Å²) in [4.78, 5) is 0.954. The van der Waals surface area contributed by atoms with Crippen LogP contribution < -0.4 is 5.32 Å². The van der Waals surface area contributed by atoms with Crippen LogP contribution in [0.2, 0.25) is 0 Å². The molecule has 114 valence electrons. The van der Waals surface area contributed by atoms with Crippen molar-refractivity contribution in [1.82, 2.24) is 9.62 Å². The van der Waals surface area contributed by atoms with Gasteiger partial charge in [-0.2, -0.15) is 4.31 Å². The third-order valence-electron chi connectivity index (χ3n) is 3.08. The smallest absolute Gasteiger partial charge is 0.252 e. The van der Waals surface area contributed by atoms with Crippen LogP contribution in [0, 0.1) is 0 Å². The highest BCUT2D eigenvalue weighted by molar-refractivity contribution is 7.92. The number of rotatable bonds is 5. The maximum atomic E-state index is 12.4. The second-order valence-electron chi connectivity index (χ2n) is 4.56. The van der Waals surface area contributed by atoms with Crippen molar-refractivity contribution in [2.45, 2.75) is 17.7 Å². The van der Waals surface area contributed by atoms with Gasteiger partial charge in [0, 0.05) is 24.5 Å². The van der Waals surface area contributed by atoms with E-state index in [9.17, 15) is 16.8 Å².